The first-order chi connectivity index (χ1) is 9.48. The Balaban J connectivity index is 2.36. The van der Waals surface area contributed by atoms with Gasteiger partial charge in [-0.25, -0.2) is 0 Å². The third-order valence-corrected chi connectivity index (χ3v) is 3.49. The van der Waals surface area contributed by atoms with E-state index < -0.39 is 0 Å². The average Bonchev–Trinajstić information content (AvgIpc) is 2.80. The molecule has 5 heteroatoms. The maximum Gasteiger partial charge on any atom is 0.195 e. The molecular formula is C15H16N4S. The number of benzene rings is 1. The molecule has 0 atom stereocenters. The highest BCUT2D eigenvalue weighted by atomic mass is 32.1. The van der Waals surface area contributed by atoms with Crippen LogP contribution < -0.4 is 0 Å². The zero-order valence-corrected chi connectivity index (χ0v) is 12.5. The molecule has 4 nitrogen and oxygen atoms in total. The highest BCUT2D eigenvalue weighted by Crippen LogP contribution is 2.29. The Labute approximate surface area is 122 Å². The summed E-state index contributed by atoms with van der Waals surface area (Å²) in [6, 6.07) is 10.1. The number of nitrogens with one attached hydrogen (secondary N) is 1. The van der Waals surface area contributed by atoms with Gasteiger partial charge in [0.2, 0.25) is 0 Å². The molecule has 0 spiro atoms. The third kappa shape index (κ3) is 2.04. The molecule has 2 aromatic heterocycles. The van der Waals surface area contributed by atoms with Crippen molar-refractivity contribution in [3.8, 4) is 11.4 Å². The number of hydrogen-bond donors (Lipinski definition) is 1. The summed E-state index contributed by atoms with van der Waals surface area (Å²) in [5, 5.41) is 8.40. The minimum absolute atomic E-state index is 0.142. The highest BCUT2D eigenvalue weighted by Gasteiger charge is 2.21. The van der Waals surface area contributed by atoms with Gasteiger partial charge in [0.15, 0.2) is 10.6 Å². The van der Waals surface area contributed by atoms with Crippen LogP contribution in [0.2, 0.25) is 0 Å². The molecule has 0 aliphatic rings. The predicted molar refractivity (Wildman–Crippen MR) is 83.1 cm³/mol. The van der Waals surface area contributed by atoms with E-state index in [-0.39, 0.29) is 5.54 Å². The molecule has 0 bridgehead atoms. The summed E-state index contributed by atoms with van der Waals surface area (Å²) in [4.78, 5) is 4.49. The maximum atomic E-state index is 5.37. The SMILES string of the molecule is CC(C)(C)n1c(-c2cccc3cccnc23)n[nH]c1=S. The van der Waals surface area contributed by atoms with Gasteiger partial charge >= 0.3 is 0 Å². The minimum atomic E-state index is -0.142. The zero-order chi connectivity index (χ0) is 14.3. The van der Waals surface area contributed by atoms with Gasteiger partial charge in [0.05, 0.1) is 5.52 Å². The van der Waals surface area contributed by atoms with Crippen LogP contribution in [-0.2, 0) is 5.54 Å². The Morgan fingerprint density at radius 2 is 1.90 bits per heavy atom. The van der Waals surface area contributed by atoms with Crippen LogP contribution in [0.5, 0.6) is 0 Å². The Morgan fingerprint density at radius 3 is 2.65 bits per heavy atom. The van der Waals surface area contributed by atoms with Crippen molar-refractivity contribution in [1.82, 2.24) is 19.7 Å². The minimum Gasteiger partial charge on any atom is -0.295 e. The Hall–Kier alpha value is -2.01. The summed E-state index contributed by atoms with van der Waals surface area (Å²) >= 11 is 5.37. The topological polar surface area (TPSA) is 46.5 Å². The van der Waals surface area contributed by atoms with Gasteiger partial charge in [-0.3, -0.25) is 14.6 Å². The van der Waals surface area contributed by atoms with Gasteiger partial charge in [-0.2, -0.15) is 5.10 Å². The molecule has 102 valence electrons. The van der Waals surface area contributed by atoms with Crippen LogP contribution in [0.1, 0.15) is 20.8 Å². The lowest BCUT2D eigenvalue weighted by Gasteiger charge is -2.22. The van der Waals surface area contributed by atoms with Crippen LogP contribution in [-0.4, -0.2) is 19.7 Å². The smallest absolute Gasteiger partial charge is 0.195 e. The van der Waals surface area contributed by atoms with E-state index >= 15 is 0 Å². The van der Waals surface area contributed by atoms with Crippen LogP contribution in [0.15, 0.2) is 36.5 Å². The van der Waals surface area contributed by atoms with Crippen molar-refractivity contribution < 1.29 is 0 Å². The molecule has 3 rings (SSSR count). The second-order valence-electron chi connectivity index (χ2n) is 5.74. The molecule has 0 amide bonds. The number of aromatic nitrogens is 4. The summed E-state index contributed by atoms with van der Waals surface area (Å²) in [6.07, 6.45) is 1.80. The lowest BCUT2D eigenvalue weighted by Crippen LogP contribution is -2.23. The third-order valence-electron chi connectivity index (χ3n) is 3.22. The summed E-state index contributed by atoms with van der Waals surface area (Å²) < 4.78 is 2.66. The molecule has 3 aromatic rings. The van der Waals surface area contributed by atoms with Crippen molar-refractivity contribution in [3.63, 3.8) is 0 Å². The van der Waals surface area contributed by atoms with E-state index in [1.165, 1.54) is 0 Å². The van der Waals surface area contributed by atoms with Crippen molar-refractivity contribution in [3.05, 3.63) is 41.3 Å². The Morgan fingerprint density at radius 1 is 1.15 bits per heavy atom. The Kier molecular flexibility index (Phi) is 2.94. The molecule has 1 N–H and O–H groups in total. The van der Waals surface area contributed by atoms with Crippen LogP contribution in [0.25, 0.3) is 22.3 Å². The van der Waals surface area contributed by atoms with E-state index in [9.17, 15) is 0 Å². The van der Waals surface area contributed by atoms with Gasteiger partial charge in [-0.15, -0.1) is 0 Å². The van der Waals surface area contributed by atoms with Crippen LogP contribution in [0, 0.1) is 4.77 Å². The fraction of sp³-hybridized carbons (Fsp3) is 0.267. The van der Waals surface area contributed by atoms with Gasteiger partial charge < -0.3 is 0 Å². The fourth-order valence-corrected chi connectivity index (χ4v) is 2.79. The van der Waals surface area contributed by atoms with E-state index in [0.29, 0.717) is 4.77 Å². The van der Waals surface area contributed by atoms with Crippen LogP contribution in [0.4, 0.5) is 0 Å². The molecule has 2 heterocycles. The molecule has 0 aliphatic carbocycles. The molecule has 0 radical (unpaired) electrons. The number of pyridine rings is 1. The molecule has 20 heavy (non-hydrogen) atoms. The van der Waals surface area contributed by atoms with Gasteiger partial charge in [0, 0.05) is 22.7 Å². The quantitative estimate of drug-likeness (QED) is 0.689. The van der Waals surface area contributed by atoms with Gasteiger partial charge in [-0.1, -0.05) is 18.2 Å². The van der Waals surface area contributed by atoms with E-state index in [1.807, 2.05) is 22.8 Å². The van der Waals surface area contributed by atoms with E-state index in [2.05, 4.69) is 48.1 Å². The van der Waals surface area contributed by atoms with Crippen molar-refractivity contribution in [1.29, 1.82) is 0 Å². The molecule has 0 saturated heterocycles. The monoisotopic (exact) mass is 284 g/mol. The van der Waals surface area contributed by atoms with Crippen LogP contribution in [0.3, 0.4) is 0 Å². The van der Waals surface area contributed by atoms with E-state index in [4.69, 9.17) is 12.2 Å². The first kappa shape index (κ1) is 13.0. The van der Waals surface area contributed by atoms with E-state index in [1.54, 1.807) is 6.20 Å². The van der Waals surface area contributed by atoms with Crippen molar-refractivity contribution in [2.45, 2.75) is 26.3 Å². The lowest BCUT2D eigenvalue weighted by molar-refractivity contribution is 0.395. The number of H-pyrrole nitrogens is 1. The van der Waals surface area contributed by atoms with Gasteiger partial charge in [0.1, 0.15) is 0 Å². The standard InChI is InChI=1S/C15H16N4S/c1-15(2,3)19-13(17-18-14(19)20)11-8-4-6-10-7-5-9-16-12(10)11/h4-9H,1-3H3,(H,18,20). The molecule has 0 saturated carbocycles. The molecule has 0 unspecified atom stereocenters. The Bertz CT molecular complexity index is 818. The number of nitrogens with zero attached hydrogens (tertiary/aromatic N) is 3. The second kappa shape index (κ2) is 4.52. The number of para-hydroxylation sites is 1. The fourth-order valence-electron chi connectivity index (χ4n) is 2.38. The average molecular weight is 284 g/mol. The van der Waals surface area contributed by atoms with Crippen molar-refractivity contribution in [2.24, 2.45) is 0 Å². The summed E-state index contributed by atoms with van der Waals surface area (Å²) in [5.74, 6) is 0.826. The predicted octanol–water partition coefficient (Wildman–Crippen LogP) is 3.91. The van der Waals surface area contributed by atoms with Crippen LogP contribution >= 0.6 is 12.2 Å². The van der Waals surface area contributed by atoms with Gasteiger partial charge in [0.25, 0.3) is 0 Å². The normalized spacial score (nSPS) is 11.9. The first-order valence-electron chi connectivity index (χ1n) is 6.50. The largest absolute Gasteiger partial charge is 0.295 e. The lowest BCUT2D eigenvalue weighted by atomic mass is 10.1. The summed E-state index contributed by atoms with van der Waals surface area (Å²) in [7, 11) is 0. The molecule has 0 fully saturated rings. The van der Waals surface area contributed by atoms with Crippen molar-refractivity contribution in [2.75, 3.05) is 0 Å². The highest BCUT2D eigenvalue weighted by molar-refractivity contribution is 7.71. The summed E-state index contributed by atoms with van der Waals surface area (Å²) in [5.41, 5.74) is 1.79. The number of aromatic amines is 1. The number of fused-ring (bicyclic) bond motifs is 1. The van der Waals surface area contributed by atoms with E-state index in [0.717, 1.165) is 22.3 Å². The molecule has 1 aromatic carbocycles. The second-order valence-corrected chi connectivity index (χ2v) is 6.13. The zero-order valence-electron chi connectivity index (χ0n) is 11.7. The number of hydrogen-bond acceptors (Lipinski definition) is 3. The molecular weight excluding hydrogens is 268 g/mol. The molecule has 0 aliphatic heterocycles. The van der Waals surface area contributed by atoms with Crippen molar-refractivity contribution >= 4 is 23.1 Å². The first-order valence-corrected chi connectivity index (χ1v) is 6.91. The maximum absolute atomic E-state index is 5.37. The van der Waals surface area contributed by atoms with Gasteiger partial charge in [-0.05, 0) is 45.1 Å². The summed E-state index contributed by atoms with van der Waals surface area (Å²) in [6.45, 7) is 6.33. The number of rotatable bonds is 1.